The summed E-state index contributed by atoms with van der Waals surface area (Å²) in [5.74, 6) is -0.0311. The van der Waals surface area contributed by atoms with Crippen LogP contribution in [0.4, 0.5) is 0 Å². The van der Waals surface area contributed by atoms with Gasteiger partial charge in [0.2, 0.25) is 16.4 Å². The molecule has 0 fully saturated rings. The molecular weight excluding hydrogens is 537 g/mol. The van der Waals surface area contributed by atoms with Gasteiger partial charge in [-0.05, 0) is 11.6 Å². The Morgan fingerprint density at radius 3 is 1.62 bits per heavy atom. The molecule has 2 unspecified atom stereocenters. The summed E-state index contributed by atoms with van der Waals surface area (Å²) in [6.07, 6.45) is 0. The summed E-state index contributed by atoms with van der Waals surface area (Å²) < 4.78 is 47.0. The highest BCUT2D eigenvalue weighted by Gasteiger charge is 2.38. The van der Waals surface area contributed by atoms with Crippen LogP contribution in [0.1, 0.15) is 0 Å². The summed E-state index contributed by atoms with van der Waals surface area (Å²) in [4.78, 5) is 11.3. The first-order valence-corrected chi connectivity index (χ1v) is 13.4. The molecule has 1 N–H and O–H groups in total. The van der Waals surface area contributed by atoms with Crippen molar-refractivity contribution in [1.82, 2.24) is 15.0 Å². The van der Waals surface area contributed by atoms with Crippen molar-refractivity contribution in [2.45, 2.75) is 5.38 Å². The summed E-state index contributed by atoms with van der Waals surface area (Å²) in [6, 6.07) is 0. The zero-order chi connectivity index (χ0) is 21.9. The number of aromatic nitrogens is 3. The Balaban J connectivity index is 3.35. The molecule has 0 saturated heterocycles. The highest BCUT2D eigenvalue weighted by atomic mass is 35.5. The van der Waals surface area contributed by atoms with E-state index in [1.54, 1.807) is 0 Å². The van der Waals surface area contributed by atoms with Crippen LogP contribution in [0.15, 0.2) is 0 Å². The number of aliphatic hydroxyl groups is 1. The number of nitrogens with zero attached hydrogens (tertiary/aromatic N) is 3. The Labute approximate surface area is 192 Å². The van der Waals surface area contributed by atoms with Gasteiger partial charge in [0.05, 0.1) is 38.4 Å². The van der Waals surface area contributed by atoms with E-state index in [0.717, 1.165) is 0 Å². The molecule has 0 aliphatic heterocycles. The van der Waals surface area contributed by atoms with Crippen molar-refractivity contribution >= 4 is 84.3 Å². The molecule has 0 amide bonds. The van der Waals surface area contributed by atoms with Gasteiger partial charge in [-0.15, -0.1) is 46.4 Å². The lowest BCUT2D eigenvalue weighted by atomic mass is 10.5. The summed E-state index contributed by atoms with van der Waals surface area (Å²) in [5, 5.41) is 7.66. The van der Waals surface area contributed by atoms with Crippen molar-refractivity contribution in [2.24, 2.45) is 0 Å². The lowest BCUT2D eigenvalue weighted by Gasteiger charge is -2.20. The van der Waals surface area contributed by atoms with Crippen LogP contribution >= 0.6 is 73.2 Å². The first-order valence-electron chi connectivity index (χ1n) is 7.88. The average Bonchev–Trinajstić information content (AvgIpc) is 2.72. The molecule has 0 aliphatic rings. The third-order valence-electron chi connectivity index (χ3n) is 2.71. The fraction of sp³-hybridized carbons (Fsp3) is 0.750. The predicted molar refractivity (Wildman–Crippen MR) is 112 cm³/mol. The molecule has 0 spiro atoms. The maximum atomic E-state index is 13.2. The molecule has 1 aromatic rings. The van der Waals surface area contributed by atoms with Gasteiger partial charge < -0.3 is 23.2 Å². The molecule has 29 heavy (non-hydrogen) atoms. The fourth-order valence-corrected chi connectivity index (χ4v) is 5.49. The third-order valence-corrected chi connectivity index (χ3v) is 7.05. The molecule has 0 bridgehead atoms. The number of aliphatic hydroxyl groups excluding tert-OH is 1. The van der Waals surface area contributed by atoms with Gasteiger partial charge in [-0.25, -0.2) is 0 Å². The normalized spacial score (nSPS) is 15.2. The molecule has 0 aliphatic carbocycles. The van der Waals surface area contributed by atoms with Crippen LogP contribution < -0.4 is 11.1 Å². The minimum Gasteiger partial charge on any atom is -0.395 e. The first-order chi connectivity index (χ1) is 13.7. The highest BCUT2D eigenvalue weighted by molar-refractivity contribution is 7.63. The Bertz CT molecular complexity index is 723. The molecule has 1 heterocycles. The maximum Gasteiger partial charge on any atom is 0.398 e. The molecule has 1 rings (SSSR count). The van der Waals surface area contributed by atoms with Crippen molar-refractivity contribution in [2.75, 3.05) is 50.7 Å². The summed E-state index contributed by atoms with van der Waals surface area (Å²) >= 11 is 28.4. The fourth-order valence-electron chi connectivity index (χ4n) is 1.58. The molecule has 0 aromatic carbocycles. The van der Waals surface area contributed by atoms with Crippen LogP contribution in [0.2, 0.25) is 5.28 Å². The largest absolute Gasteiger partial charge is 0.398 e. The molecular formula is C12H18Cl5N3O7P2. The van der Waals surface area contributed by atoms with Crippen LogP contribution in [0.5, 0.6) is 0 Å². The van der Waals surface area contributed by atoms with Crippen molar-refractivity contribution in [3.8, 4) is 0 Å². The summed E-state index contributed by atoms with van der Waals surface area (Å²) in [7, 11) is -8.38. The minimum atomic E-state index is -4.24. The van der Waals surface area contributed by atoms with E-state index in [4.69, 9.17) is 81.2 Å². The van der Waals surface area contributed by atoms with E-state index in [9.17, 15) is 9.13 Å². The van der Waals surface area contributed by atoms with Gasteiger partial charge in [-0.1, -0.05) is 0 Å². The van der Waals surface area contributed by atoms with Gasteiger partial charge in [-0.2, -0.15) is 15.0 Å². The van der Waals surface area contributed by atoms with Gasteiger partial charge in [0, 0.05) is 17.6 Å². The summed E-state index contributed by atoms with van der Waals surface area (Å²) in [5.41, 5.74) is -1.10. The van der Waals surface area contributed by atoms with Gasteiger partial charge >= 0.3 is 15.2 Å². The molecule has 168 valence electrons. The Morgan fingerprint density at radius 1 is 0.828 bits per heavy atom. The molecule has 0 saturated carbocycles. The Morgan fingerprint density at radius 2 is 1.24 bits per heavy atom. The second kappa shape index (κ2) is 14.0. The van der Waals surface area contributed by atoms with E-state index >= 15 is 0 Å². The van der Waals surface area contributed by atoms with Crippen LogP contribution in [0.25, 0.3) is 0 Å². The van der Waals surface area contributed by atoms with Crippen LogP contribution in [-0.4, -0.2) is 76.1 Å². The van der Waals surface area contributed by atoms with Gasteiger partial charge in [0.1, 0.15) is 0 Å². The highest BCUT2D eigenvalue weighted by Crippen LogP contribution is 2.48. The van der Waals surface area contributed by atoms with Crippen LogP contribution in [0.3, 0.4) is 0 Å². The van der Waals surface area contributed by atoms with E-state index in [0.29, 0.717) is 0 Å². The van der Waals surface area contributed by atoms with Gasteiger partial charge in [-0.3, -0.25) is 9.13 Å². The standard InChI is InChI=1S/C12H18Cl5N3O7P2/c13-1-4-24-28(22,25-5-2-14)11-18-10(17)19-12(20-11)29(23,26-6-3-15)27-8-9(16)7-21/h9,21H,1-8H2. The van der Waals surface area contributed by atoms with E-state index in [1.165, 1.54) is 0 Å². The Kier molecular flexibility index (Phi) is 13.4. The van der Waals surface area contributed by atoms with E-state index in [1.807, 2.05) is 0 Å². The monoisotopic (exact) mass is 553 g/mol. The minimum absolute atomic E-state index is 0.00138. The zero-order valence-electron chi connectivity index (χ0n) is 14.8. The van der Waals surface area contributed by atoms with E-state index in [-0.39, 0.29) is 44.1 Å². The second-order valence-electron chi connectivity index (χ2n) is 4.84. The Hall–Kier alpha value is 0.720. The summed E-state index contributed by atoms with van der Waals surface area (Å²) in [6.45, 7) is -1.36. The number of rotatable bonds is 15. The topological polar surface area (TPSA) is 130 Å². The molecule has 10 nitrogen and oxygen atoms in total. The van der Waals surface area contributed by atoms with Crippen molar-refractivity contribution < 1.29 is 32.3 Å². The van der Waals surface area contributed by atoms with E-state index < -0.39 is 43.6 Å². The predicted octanol–water partition coefficient (Wildman–Crippen LogP) is 2.54. The number of alkyl halides is 4. The third kappa shape index (κ3) is 9.00. The molecule has 17 heteroatoms. The number of hydrogen-bond acceptors (Lipinski definition) is 10. The van der Waals surface area contributed by atoms with Crippen molar-refractivity contribution in [3.63, 3.8) is 0 Å². The lowest BCUT2D eigenvalue weighted by molar-refractivity contribution is 0.198. The SMILES string of the molecule is O=P(OCCCl)(OCCCl)c1nc(Cl)nc(P(=O)(OCCCl)OCC(Cl)CO)n1. The van der Waals surface area contributed by atoms with Gasteiger partial charge in [0.15, 0.2) is 0 Å². The smallest absolute Gasteiger partial charge is 0.395 e. The van der Waals surface area contributed by atoms with Crippen LogP contribution in [0, 0.1) is 0 Å². The van der Waals surface area contributed by atoms with Crippen LogP contribution in [-0.2, 0) is 27.2 Å². The number of hydrogen-bond donors (Lipinski definition) is 1. The molecule has 2 atom stereocenters. The van der Waals surface area contributed by atoms with Crippen molar-refractivity contribution in [3.05, 3.63) is 5.28 Å². The maximum absolute atomic E-state index is 13.2. The zero-order valence-corrected chi connectivity index (χ0v) is 20.3. The van der Waals surface area contributed by atoms with Crippen molar-refractivity contribution in [1.29, 1.82) is 0 Å². The number of halogens is 5. The second-order valence-corrected chi connectivity index (χ2v) is 10.8. The molecule has 0 radical (unpaired) electrons. The quantitative estimate of drug-likeness (QED) is 0.255. The lowest BCUT2D eigenvalue weighted by Crippen LogP contribution is -2.31. The van der Waals surface area contributed by atoms with E-state index in [2.05, 4.69) is 15.0 Å². The van der Waals surface area contributed by atoms with Gasteiger partial charge in [0.25, 0.3) is 0 Å². The molecule has 1 aromatic heterocycles. The average molecular weight is 556 g/mol. The first kappa shape index (κ1) is 27.8.